The molecule has 0 fully saturated rings. The monoisotopic (exact) mass is 319 g/mol. The Labute approximate surface area is 122 Å². The van der Waals surface area contributed by atoms with E-state index in [0.717, 1.165) is 21.4 Å². The van der Waals surface area contributed by atoms with Gasteiger partial charge in [0.2, 0.25) is 0 Å². The summed E-state index contributed by atoms with van der Waals surface area (Å²) >= 11 is 3.58. The Balaban J connectivity index is 2.36. The van der Waals surface area contributed by atoms with E-state index in [2.05, 4.69) is 52.0 Å². The maximum atomic E-state index is 9.60. The van der Waals surface area contributed by atoms with E-state index in [1.165, 1.54) is 5.56 Å². The van der Waals surface area contributed by atoms with Crippen LogP contribution in [-0.4, -0.2) is 12.2 Å². The summed E-state index contributed by atoms with van der Waals surface area (Å²) in [5, 5.41) is 9.60. The third-order valence-corrected chi connectivity index (χ3v) is 3.84. The van der Waals surface area contributed by atoms with Gasteiger partial charge in [-0.15, -0.1) is 0 Å². The number of benzene rings is 2. The maximum Gasteiger partial charge on any atom is 0.0762 e. The molecule has 1 atom stereocenters. The van der Waals surface area contributed by atoms with Gasteiger partial charge in [-0.25, -0.2) is 0 Å². The molecular formula is C16H18BrNO. The van der Waals surface area contributed by atoms with Gasteiger partial charge in [0.25, 0.3) is 0 Å². The molecule has 2 aromatic rings. The number of anilines is 2. The Bertz CT molecular complexity index is 581. The van der Waals surface area contributed by atoms with Crippen LogP contribution in [0.2, 0.25) is 0 Å². The van der Waals surface area contributed by atoms with E-state index in [9.17, 15) is 5.11 Å². The zero-order chi connectivity index (χ0) is 14.0. The first-order valence-corrected chi connectivity index (χ1v) is 7.06. The molecule has 0 heterocycles. The minimum Gasteiger partial charge on any atom is -0.389 e. The van der Waals surface area contributed by atoms with Gasteiger partial charge in [-0.1, -0.05) is 18.2 Å². The summed E-state index contributed by atoms with van der Waals surface area (Å²) in [5.41, 5.74) is 4.37. The van der Waals surface area contributed by atoms with Gasteiger partial charge in [0.15, 0.2) is 0 Å². The first-order valence-electron chi connectivity index (χ1n) is 6.27. The molecule has 19 heavy (non-hydrogen) atoms. The first-order chi connectivity index (χ1) is 8.99. The lowest BCUT2D eigenvalue weighted by molar-refractivity contribution is 0.199. The van der Waals surface area contributed by atoms with E-state index in [0.29, 0.717) is 0 Å². The van der Waals surface area contributed by atoms with Gasteiger partial charge in [-0.2, -0.15) is 0 Å². The Hall–Kier alpha value is -1.32. The normalized spacial score (nSPS) is 12.3. The number of rotatable bonds is 3. The van der Waals surface area contributed by atoms with Crippen molar-refractivity contribution in [1.29, 1.82) is 0 Å². The average molecular weight is 320 g/mol. The number of hydrogen-bond donors (Lipinski definition) is 1. The molecule has 100 valence electrons. The molecular weight excluding hydrogens is 302 g/mol. The van der Waals surface area contributed by atoms with E-state index in [4.69, 9.17) is 0 Å². The van der Waals surface area contributed by atoms with E-state index in [1.54, 1.807) is 6.92 Å². The Kier molecular flexibility index (Phi) is 4.27. The number of nitrogens with zero attached hydrogens (tertiary/aromatic N) is 1. The molecule has 0 saturated heterocycles. The summed E-state index contributed by atoms with van der Waals surface area (Å²) in [5.74, 6) is 0. The zero-order valence-corrected chi connectivity index (χ0v) is 13.0. The molecule has 0 aliphatic rings. The summed E-state index contributed by atoms with van der Waals surface area (Å²) in [6, 6.07) is 14.3. The second kappa shape index (κ2) is 5.76. The van der Waals surface area contributed by atoms with Gasteiger partial charge < -0.3 is 10.0 Å². The molecule has 0 radical (unpaired) electrons. The molecule has 3 heteroatoms. The molecule has 0 amide bonds. The van der Waals surface area contributed by atoms with Crippen LogP contribution in [0.25, 0.3) is 0 Å². The molecule has 2 aromatic carbocycles. The number of aryl methyl sites for hydroxylation is 1. The molecule has 0 unspecified atom stereocenters. The lowest BCUT2D eigenvalue weighted by Crippen LogP contribution is -2.10. The quantitative estimate of drug-likeness (QED) is 0.895. The van der Waals surface area contributed by atoms with E-state index in [-0.39, 0.29) is 0 Å². The topological polar surface area (TPSA) is 23.5 Å². The van der Waals surface area contributed by atoms with Crippen molar-refractivity contribution in [2.24, 2.45) is 0 Å². The SMILES string of the molecule is Cc1cccc(N(C)c2ccc([C@H](C)O)cc2Br)c1. The lowest BCUT2D eigenvalue weighted by atomic mass is 10.1. The van der Waals surface area contributed by atoms with Crippen LogP contribution >= 0.6 is 15.9 Å². The van der Waals surface area contributed by atoms with Crippen LogP contribution in [0.3, 0.4) is 0 Å². The van der Waals surface area contributed by atoms with Crippen LogP contribution in [0.5, 0.6) is 0 Å². The largest absolute Gasteiger partial charge is 0.389 e. The van der Waals surface area contributed by atoms with Gasteiger partial charge >= 0.3 is 0 Å². The highest BCUT2D eigenvalue weighted by molar-refractivity contribution is 9.10. The average Bonchev–Trinajstić information content (AvgIpc) is 2.37. The van der Waals surface area contributed by atoms with Gasteiger partial charge in [0, 0.05) is 17.2 Å². The summed E-state index contributed by atoms with van der Waals surface area (Å²) < 4.78 is 0.981. The summed E-state index contributed by atoms with van der Waals surface area (Å²) in [7, 11) is 2.04. The van der Waals surface area contributed by atoms with E-state index < -0.39 is 6.10 Å². The molecule has 2 rings (SSSR count). The minimum absolute atomic E-state index is 0.449. The Morgan fingerprint density at radius 3 is 2.47 bits per heavy atom. The zero-order valence-electron chi connectivity index (χ0n) is 11.4. The third-order valence-electron chi connectivity index (χ3n) is 3.20. The van der Waals surface area contributed by atoms with Gasteiger partial charge in [-0.3, -0.25) is 0 Å². The van der Waals surface area contributed by atoms with E-state index in [1.807, 2.05) is 25.2 Å². The maximum absolute atomic E-state index is 9.60. The second-order valence-corrected chi connectivity index (χ2v) is 5.64. The van der Waals surface area contributed by atoms with E-state index >= 15 is 0 Å². The summed E-state index contributed by atoms with van der Waals surface area (Å²) in [6.45, 7) is 3.86. The molecule has 0 bridgehead atoms. The van der Waals surface area contributed by atoms with Gasteiger partial charge in [0.1, 0.15) is 0 Å². The van der Waals surface area contributed by atoms with Crippen molar-refractivity contribution >= 4 is 27.3 Å². The van der Waals surface area contributed by atoms with Crippen molar-refractivity contribution in [1.82, 2.24) is 0 Å². The lowest BCUT2D eigenvalue weighted by Gasteiger charge is -2.22. The highest BCUT2D eigenvalue weighted by atomic mass is 79.9. The molecule has 0 aromatic heterocycles. The van der Waals surface area contributed by atoms with Crippen molar-refractivity contribution in [2.45, 2.75) is 20.0 Å². The first kappa shape index (κ1) is 14.1. The standard InChI is InChI=1S/C16H18BrNO/c1-11-5-4-6-14(9-11)18(3)16-8-7-13(12(2)19)10-15(16)17/h4-10,12,19H,1-3H3/t12-/m0/s1. The Morgan fingerprint density at radius 2 is 1.89 bits per heavy atom. The van der Waals surface area contributed by atoms with Crippen LogP contribution in [-0.2, 0) is 0 Å². The van der Waals surface area contributed by atoms with Crippen molar-refractivity contribution in [3.63, 3.8) is 0 Å². The highest BCUT2D eigenvalue weighted by Crippen LogP contribution is 2.33. The van der Waals surface area contributed by atoms with Crippen LogP contribution in [0.4, 0.5) is 11.4 Å². The molecule has 1 N–H and O–H groups in total. The van der Waals surface area contributed by atoms with Crippen LogP contribution in [0.15, 0.2) is 46.9 Å². The molecule has 0 spiro atoms. The van der Waals surface area contributed by atoms with Gasteiger partial charge in [0.05, 0.1) is 11.8 Å². The third kappa shape index (κ3) is 3.17. The number of hydrogen-bond acceptors (Lipinski definition) is 2. The molecule has 0 aliphatic heterocycles. The fourth-order valence-corrected chi connectivity index (χ4v) is 2.69. The smallest absolute Gasteiger partial charge is 0.0762 e. The van der Waals surface area contributed by atoms with Crippen molar-refractivity contribution in [3.8, 4) is 0 Å². The molecule has 0 aliphatic carbocycles. The Morgan fingerprint density at radius 1 is 1.16 bits per heavy atom. The predicted molar refractivity (Wildman–Crippen MR) is 84.0 cm³/mol. The fraction of sp³-hybridized carbons (Fsp3) is 0.250. The second-order valence-electron chi connectivity index (χ2n) is 4.78. The molecule has 0 saturated carbocycles. The number of aliphatic hydroxyl groups is 1. The number of aliphatic hydroxyl groups excluding tert-OH is 1. The minimum atomic E-state index is -0.449. The predicted octanol–water partition coefficient (Wildman–Crippen LogP) is 4.58. The summed E-state index contributed by atoms with van der Waals surface area (Å²) in [6.07, 6.45) is -0.449. The van der Waals surface area contributed by atoms with Crippen molar-refractivity contribution in [3.05, 3.63) is 58.1 Å². The summed E-state index contributed by atoms with van der Waals surface area (Å²) in [4.78, 5) is 2.13. The van der Waals surface area contributed by atoms with Crippen molar-refractivity contribution in [2.75, 3.05) is 11.9 Å². The highest BCUT2D eigenvalue weighted by Gasteiger charge is 2.10. The number of halogens is 1. The van der Waals surface area contributed by atoms with Crippen molar-refractivity contribution < 1.29 is 5.11 Å². The molecule has 2 nitrogen and oxygen atoms in total. The van der Waals surface area contributed by atoms with Crippen LogP contribution in [0, 0.1) is 6.92 Å². The van der Waals surface area contributed by atoms with Gasteiger partial charge in [-0.05, 0) is 65.2 Å². The van der Waals surface area contributed by atoms with Crippen LogP contribution < -0.4 is 4.90 Å². The van der Waals surface area contributed by atoms with Crippen LogP contribution in [0.1, 0.15) is 24.2 Å². The fourth-order valence-electron chi connectivity index (χ4n) is 2.03.